The van der Waals surface area contributed by atoms with Gasteiger partial charge in [-0.3, -0.25) is 14.9 Å². The number of aliphatic hydroxyl groups excluding tert-OH is 1. The first-order valence-corrected chi connectivity index (χ1v) is 13.3. The van der Waals surface area contributed by atoms with Crippen LogP contribution >= 0.6 is 0 Å². The van der Waals surface area contributed by atoms with Crippen LogP contribution < -0.4 is 10.8 Å². The molecule has 2 aromatic rings. The van der Waals surface area contributed by atoms with Gasteiger partial charge in [-0.2, -0.15) is 0 Å². The maximum Gasteiger partial charge on any atom is 0.267 e. The van der Waals surface area contributed by atoms with Crippen LogP contribution in [0.3, 0.4) is 0 Å². The summed E-state index contributed by atoms with van der Waals surface area (Å²) in [7, 11) is 1.91. The van der Waals surface area contributed by atoms with E-state index in [1.54, 1.807) is 11.6 Å². The van der Waals surface area contributed by atoms with Crippen LogP contribution in [0.2, 0.25) is 0 Å². The number of nitrogens with one attached hydrogen (secondary N) is 2. The van der Waals surface area contributed by atoms with Crippen molar-refractivity contribution in [2.75, 3.05) is 32.1 Å². The monoisotopic (exact) mass is 533 g/mol. The average Bonchev–Trinajstić information content (AvgIpc) is 2.99. The van der Waals surface area contributed by atoms with Crippen molar-refractivity contribution in [3.8, 4) is 0 Å². The zero-order valence-corrected chi connectivity index (χ0v) is 24.3. The van der Waals surface area contributed by atoms with E-state index in [0.717, 1.165) is 41.9 Å². The number of anilines is 1. The molecule has 2 rings (SSSR count). The van der Waals surface area contributed by atoms with Gasteiger partial charge in [0, 0.05) is 38.4 Å². The second-order valence-electron chi connectivity index (χ2n) is 8.28. The van der Waals surface area contributed by atoms with Crippen LogP contribution in [-0.2, 0) is 17.8 Å². The normalized spacial score (nSPS) is 10.9. The number of carbonyl (C=O) groups excluding carboxylic acids is 1. The van der Waals surface area contributed by atoms with Crippen LogP contribution in [0.5, 0.6) is 0 Å². The fourth-order valence-corrected chi connectivity index (χ4v) is 3.51. The van der Waals surface area contributed by atoms with Crippen molar-refractivity contribution in [2.24, 2.45) is 0 Å². The molecule has 0 fully saturated rings. The second-order valence-corrected chi connectivity index (χ2v) is 8.28. The Morgan fingerprint density at radius 1 is 1.08 bits per heavy atom. The topological polar surface area (TPSA) is 84.8 Å². The lowest BCUT2D eigenvalue weighted by atomic mass is 10.0. The van der Waals surface area contributed by atoms with Gasteiger partial charge in [0.1, 0.15) is 0 Å². The minimum absolute atomic E-state index is 0.0999. The zero-order valence-electron chi connectivity index (χ0n) is 24.3. The lowest BCUT2D eigenvalue weighted by Gasteiger charge is -2.22. The first-order chi connectivity index (χ1) is 18.9. The molecule has 0 saturated heterocycles. The molecule has 0 radical (unpaired) electrons. The van der Waals surface area contributed by atoms with Crippen LogP contribution in [0.1, 0.15) is 49.9 Å². The van der Waals surface area contributed by atoms with Gasteiger partial charge in [-0.1, -0.05) is 105 Å². The van der Waals surface area contributed by atoms with Gasteiger partial charge in [-0.25, -0.2) is 5.48 Å². The van der Waals surface area contributed by atoms with Crippen molar-refractivity contribution in [2.45, 2.75) is 40.7 Å². The molecule has 0 atom stereocenters. The highest BCUT2D eigenvalue weighted by atomic mass is 16.5. The number of para-hydroxylation sites is 1. The van der Waals surface area contributed by atoms with Gasteiger partial charge in [0.2, 0.25) is 0 Å². The number of benzene rings is 2. The molecule has 4 N–H and O–H groups in total. The zero-order chi connectivity index (χ0) is 29.5. The predicted molar refractivity (Wildman–Crippen MR) is 168 cm³/mol. The van der Waals surface area contributed by atoms with Crippen LogP contribution in [0.15, 0.2) is 91.6 Å². The Labute approximate surface area is 235 Å². The Morgan fingerprint density at radius 3 is 2.31 bits per heavy atom. The molecule has 0 aliphatic rings. The van der Waals surface area contributed by atoms with Gasteiger partial charge in [-0.05, 0) is 48.6 Å². The van der Waals surface area contributed by atoms with E-state index in [2.05, 4.69) is 29.4 Å². The number of amides is 1. The largest absolute Gasteiger partial charge is 0.395 e. The molecule has 0 aliphatic heterocycles. The third-order valence-corrected chi connectivity index (χ3v) is 5.56. The number of hydroxylamine groups is 1. The summed E-state index contributed by atoms with van der Waals surface area (Å²) in [6.07, 6.45) is 13.4. The van der Waals surface area contributed by atoms with Crippen molar-refractivity contribution in [3.63, 3.8) is 0 Å². The third-order valence-electron chi connectivity index (χ3n) is 5.56. The number of rotatable bonds is 13. The van der Waals surface area contributed by atoms with E-state index >= 15 is 0 Å². The molecule has 1 amide bonds. The Hall–Kier alpha value is -3.71. The summed E-state index contributed by atoms with van der Waals surface area (Å²) < 4.78 is 0. The molecule has 0 heterocycles. The summed E-state index contributed by atoms with van der Waals surface area (Å²) in [5.74, 6) is -0.565. The van der Waals surface area contributed by atoms with Crippen LogP contribution in [0.4, 0.5) is 5.69 Å². The van der Waals surface area contributed by atoms with E-state index in [-0.39, 0.29) is 6.61 Å². The van der Waals surface area contributed by atoms with Crippen molar-refractivity contribution >= 4 is 23.7 Å². The highest BCUT2D eigenvalue weighted by molar-refractivity contribution is 5.90. The van der Waals surface area contributed by atoms with Gasteiger partial charge < -0.3 is 10.4 Å². The summed E-state index contributed by atoms with van der Waals surface area (Å²) >= 11 is 0. The second kappa shape index (κ2) is 22.3. The summed E-state index contributed by atoms with van der Waals surface area (Å²) in [5.41, 5.74) is 8.14. The number of nitrogens with zero attached hydrogens (tertiary/aromatic N) is 1. The Kier molecular flexibility index (Phi) is 20.2. The van der Waals surface area contributed by atoms with Crippen LogP contribution in [0, 0.1) is 0 Å². The van der Waals surface area contributed by atoms with Crippen LogP contribution in [0.25, 0.3) is 12.2 Å². The number of aliphatic hydroxyl groups is 1. The number of hydrogen-bond acceptors (Lipinski definition) is 5. The molecule has 6 heteroatoms. The molecule has 0 bridgehead atoms. The summed E-state index contributed by atoms with van der Waals surface area (Å²) in [5, 5.41) is 21.2. The van der Waals surface area contributed by atoms with E-state index < -0.39 is 5.91 Å². The molecule has 0 saturated carbocycles. The maximum absolute atomic E-state index is 11.1. The smallest absolute Gasteiger partial charge is 0.267 e. The predicted octanol–water partition coefficient (Wildman–Crippen LogP) is 6.65. The average molecular weight is 534 g/mol. The highest BCUT2D eigenvalue weighted by Crippen LogP contribution is 2.22. The van der Waals surface area contributed by atoms with E-state index in [4.69, 9.17) is 5.21 Å². The minimum atomic E-state index is -0.565. The minimum Gasteiger partial charge on any atom is -0.395 e. The van der Waals surface area contributed by atoms with Crippen molar-refractivity contribution in [1.29, 1.82) is 0 Å². The fraction of sp³-hybridized carbons (Fsp3) is 0.303. The van der Waals surface area contributed by atoms with Gasteiger partial charge in [0.15, 0.2) is 0 Å². The molecule has 0 aliphatic carbocycles. The number of allylic oxidation sites excluding steroid dienone is 5. The van der Waals surface area contributed by atoms with Gasteiger partial charge in [-0.15, -0.1) is 0 Å². The van der Waals surface area contributed by atoms with Gasteiger partial charge in [0.05, 0.1) is 6.61 Å². The summed E-state index contributed by atoms with van der Waals surface area (Å²) in [6, 6.07) is 14.0. The van der Waals surface area contributed by atoms with E-state index in [9.17, 15) is 9.90 Å². The molecule has 6 nitrogen and oxygen atoms in total. The van der Waals surface area contributed by atoms with Crippen molar-refractivity contribution in [1.82, 2.24) is 10.4 Å². The summed E-state index contributed by atoms with van der Waals surface area (Å²) in [6.45, 7) is 17.7. The SMILES string of the molecule is C=C/C(C)=C/C=C\C.C=Cc1cccc(CCN(CCO)Cc2ccc(/C=C/C(=O)NO)cc2)c1NC.CC. The molecule has 0 aromatic heterocycles. The van der Waals surface area contributed by atoms with Gasteiger partial charge >= 0.3 is 0 Å². The Morgan fingerprint density at radius 2 is 1.77 bits per heavy atom. The molecule has 0 unspecified atom stereocenters. The van der Waals surface area contributed by atoms with E-state index in [1.165, 1.54) is 17.2 Å². The molecular formula is C33H47N3O3. The fourth-order valence-electron chi connectivity index (χ4n) is 3.51. The third kappa shape index (κ3) is 14.7. The van der Waals surface area contributed by atoms with E-state index in [0.29, 0.717) is 6.54 Å². The van der Waals surface area contributed by atoms with Crippen molar-refractivity contribution < 1.29 is 15.1 Å². The number of carbonyl (C=O) groups is 1. The standard InChI is InChI=1S/C23H29N3O3.C8H12.C2H6/c1-3-20-5-4-6-21(23(20)24-2)13-14-26(15-16-27)17-19-9-7-18(8-10-19)11-12-22(28)25-29;1-4-6-7-8(3)5-2;1-2/h3-12,24,27,29H,1,13-17H2,2H3,(H,25,28);4-7H,2H2,1,3H3;1-2H3/b12-11+;6-4-,8-7+;. The highest BCUT2D eigenvalue weighted by Gasteiger charge is 2.09. The number of hydrogen-bond donors (Lipinski definition) is 4. The molecule has 2 aromatic carbocycles. The molecular weight excluding hydrogens is 486 g/mol. The lowest BCUT2D eigenvalue weighted by molar-refractivity contribution is -0.124. The molecule has 0 spiro atoms. The first kappa shape index (κ1) is 35.3. The quantitative estimate of drug-likeness (QED) is 0.100. The molecule has 39 heavy (non-hydrogen) atoms. The molecule has 212 valence electrons. The Balaban J connectivity index is 0.00000124. The lowest BCUT2D eigenvalue weighted by Crippen LogP contribution is -2.29. The maximum atomic E-state index is 11.1. The summed E-state index contributed by atoms with van der Waals surface area (Å²) in [4.78, 5) is 13.3. The van der Waals surface area contributed by atoms with Crippen molar-refractivity contribution in [3.05, 3.63) is 114 Å². The van der Waals surface area contributed by atoms with E-state index in [1.807, 2.05) is 102 Å². The van der Waals surface area contributed by atoms with Gasteiger partial charge in [0.25, 0.3) is 5.91 Å². The Bertz CT molecular complexity index is 1070. The van der Waals surface area contributed by atoms with Crippen LogP contribution in [-0.4, -0.2) is 47.9 Å². The first-order valence-electron chi connectivity index (χ1n) is 13.3.